The van der Waals surface area contributed by atoms with Crippen LogP contribution in [0.2, 0.25) is 5.02 Å². The van der Waals surface area contributed by atoms with Gasteiger partial charge in [-0.25, -0.2) is 4.98 Å². The summed E-state index contributed by atoms with van der Waals surface area (Å²) in [6.07, 6.45) is -1.10. The van der Waals surface area contributed by atoms with Crippen molar-refractivity contribution in [1.29, 1.82) is 0 Å². The maximum absolute atomic E-state index is 13.4. The lowest BCUT2D eigenvalue weighted by Gasteiger charge is -2.31. The average molecular weight is 411 g/mol. The molecule has 2 aliphatic carbocycles. The highest BCUT2D eigenvalue weighted by Crippen LogP contribution is 2.44. The Hall–Kier alpha value is -1.82. The Morgan fingerprint density at radius 1 is 1.07 bits per heavy atom. The molecule has 150 valence electrons. The molecule has 2 saturated carbocycles. The van der Waals surface area contributed by atoms with Crippen LogP contribution in [-0.4, -0.2) is 15.7 Å². The summed E-state index contributed by atoms with van der Waals surface area (Å²) in [4.78, 5) is 18.1. The van der Waals surface area contributed by atoms with Gasteiger partial charge in [-0.1, -0.05) is 18.0 Å². The molecule has 2 aromatic rings. The quantitative estimate of drug-likeness (QED) is 0.630. The number of aryl methyl sites for hydroxylation is 1. The molecule has 3 nitrogen and oxygen atoms in total. The molecule has 1 aromatic heterocycles. The van der Waals surface area contributed by atoms with Crippen molar-refractivity contribution in [3.05, 3.63) is 56.7 Å². The van der Waals surface area contributed by atoms with Gasteiger partial charge in [-0.15, -0.1) is 0 Å². The fraction of sp³-hybridized carbons (Fsp3) is 0.524. The van der Waals surface area contributed by atoms with Gasteiger partial charge in [0.25, 0.3) is 5.56 Å². The Balaban J connectivity index is 1.84. The van der Waals surface area contributed by atoms with E-state index >= 15 is 0 Å². The molecular weight excluding hydrogens is 389 g/mol. The summed E-state index contributed by atoms with van der Waals surface area (Å²) in [5, 5.41) is 0.538. The predicted molar refractivity (Wildman–Crippen MR) is 102 cm³/mol. The summed E-state index contributed by atoms with van der Waals surface area (Å²) in [5.41, 5.74) is 1.80. The van der Waals surface area contributed by atoms with E-state index in [4.69, 9.17) is 16.6 Å². The van der Waals surface area contributed by atoms with Crippen LogP contribution in [0.15, 0.2) is 29.1 Å². The molecule has 0 N–H and O–H groups in total. The second-order valence-electron chi connectivity index (χ2n) is 7.96. The third-order valence-corrected chi connectivity index (χ3v) is 6.16. The molecular formula is C21H22ClF3N2O. The molecule has 4 rings (SSSR count). The molecule has 0 radical (unpaired) electrons. The Labute approximate surface area is 166 Å². The first kappa shape index (κ1) is 19.5. The number of hydrogen-bond acceptors (Lipinski definition) is 2. The molecule has 0 spiro atoms. The molecule has 0 amide bonds. The zero-order valence-corrected chi connectivity index (χ0v) is 16.4. The van der Waals surface area contributed by atoms with Crippen molar-refractivity contribution < 1.29 is 13.2 Å². The highest BCUT2D eigenvalue weighted by atomic mass is 35.5. The van der Waals surface area contributed by atoms with Crippen LogP contribution in [0.25, 0.3) is 5.69 Å². The van der Waals surface area contributed by atoms with Gasteiger partial charge in [-0.2, -0.15) is 13.2 Å². The van der Waals surface area contributed by atoms with Crippen molar-refractivity contribution in [3.8, 4) is 5.69 Å². The zero-order chi connectivity index (χ0) is 20.1. The molecule has 2 unspecified atom stereocenters. The second-order valence-corrected chi connectivity index (χ2v) is 8.40. The highest BCUT2D eigenvalue weighted by molar-refractivity contribution is 6.30. The minimum atomic E-state index is -4.22. The first-order valence-electron chi connectivity index (χ1n) is 9.71. The summed E-state index contributed by atoms with van der Waals surface area (Å²) < 4.78 is 41.5. The topological polar surface area (TPSA) is 34.9 Å². The number of aromatic nitrogens is 2. The van der Waals surface area contributed by atoms with E-state index in [-0.39, 0.29) is 24.3 Å². The van der Waals surface area contributed by atoms with Gasteiger partial charge in [0.05, 0.1) is 11.6 Å². The van der Waals surface area contributed by atoms with E-state index in [9.17, 15) is 18.0 Å². The highest BCUT2D eigenvalue weighted by Gasteiger charge is 2.43. The number of nitrogens with zero attached hydrogens (tertiary/aromatic N) is 2. The number of rotatable bonds is 3. The third-order valence-electron chi connectivity index (χ3n) is 5.91. The minimum absolute atomic E-state index is 0.0221. The van der Waals surface area contributed by atoms with Gasteiger partial charge in [0.1, 0.15) is 5.82 Å². The molecule has 1 aromatic carbocycles. The molecule has 2 atom stereocenters. The maximum Gasteiger partial charge on any atom is 0.391 e. The lowest BCUT2D eigenvalue weighted by Crippen LogP contribution is -2.33. The molecule has 7 heteroatoms. The summed E-state index contributed by atoms with van der Waals surface area (Å²) in [6, 6.07) is 6.82. The van der Waals surface area contributed by atoms with Crippen LogP contribution in [0.3, 0.4) is 0 Å². The standard InChI is InChI=1S/C21H22ClF3N2O/c1-12-18(13-5-6-13)20(28)27(17-9-7-16(22)8-10-17)19(26-12)14-3-2-4-15(11-14)21(23,24)25/h7-10,13-15H,2-6,11H2,1H3. The first-order chi connectivity index (χ1) is 13.3. The molecule has 2 fully saturated rings. The average Bonchev–Trinajstić information content (AvgIpc) is 3.47. The summed E-state index contributed by atoms with van der Waals surface area (Å²) >= 11 is 5.99. The number of alkyl halides is 3. The zero-order valence-electron chi connectivity index (χ0n) is 15.6. The molecule has 0 aliphatic heterocycles. The Morgan fingerprint density at radius 2 is 1.75 bits per heavy atom. The largest absolute Gasteiger partial charge is 0.391 e. The Morgan fingerprint density at radius 3 is 2.36 bits per heavy atom. The first-order valence-corrected chi connectivity index (χ1v) is 10.1. The molecule has 28 heavy (non-hydrogen) atoms. The van der Waals surface area contributed by atoms with Crippen LogP contribution in [0, 0.1) is 12.8 Å². The van der Waals surface area contributed by atoms with Crippen LogP contribution in [0.5, 0.6) is 0 Å². The summed E-state index contributed by atoms with van der Waals surface area (Å²) in [7, 11) is 0. The molecule has 1 heterocycles. The van der Waals surface area contributed by atoms with Crippen molar-refractivity contribution in [3.63, 3.8) is 0 Å². The van der Waals surface area contributed by atoms with Gasteiger partial charge >= 0.3 is 6.18 Å². The van der Waals surface area contributed by atoms with E-state index in [0.29, 0.717) is 40.6 Å². The monoisotopic (exact) mass is 410 g/mol. The van der Waals surface area contributed by atoms with Gasteiger partial charge in [-0.05, 0) is 69.2 Å². The number of halogens is 4. The smallest absolute Gasteiger partial charge is 0.269 e. The van der Waals surface area contributed by atoms with Crippen LogP contribution in [-0.2, 0) is 0 Å². The van der Waals surface area contributed by atoms with Crippen molar-refractivity contribution in [1.82, 2.24) is 9.55 Å². The van der Waals surface area contributed by atoms with E-state index in [0.717, 1.165) is 12.8 Å². The second kappa shape index (κ2) is 7.21. The van der Waals surface area contributed by atoms with Crippen LogP contribution in [0.1, 0.15) is 67.4 Å². The van der Waals surface area contributed by atoms with Crippen LogP contribution in [0.4, 0.5) is 13.2 Å². The van der Waals surface area contributed by atoms with Crippen LogP contribution >= 0.6 is 11.6 Å². The van der Waals surface area contributed by atoms with E-state index in [2.05, 4.69) is 0 Å². The molecule has 0 bridgehead atoms. The predicted octanol–water partition coefficient (Wildman–Crippen LogP) is 5.91. The van der Waals surface area contributed by atoms with Crippen molar-refractivity contribution in [2.45, 2.75) is 63.5 Å². The summed E-state index contributed by atoms with van der Waals surface area (Å²) in [6.45, 7) is 1.80. The fourth-order valence-electron chi connectivity index (χ4n) is 4.34. The Bertz CT molecular complexity index is 932. The fourth-order valence-corrected chi connectivity index (χ4v) is 4.46. The van der Waals surface area contributed by atoms with E-state index < -0.39 is 18.0 Å². The number of hydrogen-bond donors (Lipinski definition) is 0. The van der Waals surface area contributed by atoms with Gasteiger partial charge < -0.3 is 0 Å². The van der Waals surface area contributed by atoms with E-state index in [1.165, 1.54) is 4.57 Å². The van der Waals surface area contributed by atoms with Crippen molar-refractivity contribution in [2.24, 2.45) is 5.92 Å². The van der Waals surface area contributed by atoms with E-state index in [1.807, 2.05) is 0 Å². The lowest BCUT2D eigenvalue weighted by atomic mass is 9.80. The minimum Gasteiger partial charge on any atom is -0.269 e. The maximum atomic E-state index is 13.4. The third kappa shape index (κ3) is 3.71. The Kier molecular flexibility index (Phi) is 5.02. The van der Waals surface area contributed by atoms with Gasteiger partial charge in [0.2, 0.25) is 0 Å². The molecule has 0 saturated heterocycles. The normalized spacial score (nSPS) is 23.0. The van der Waals surface area contributed by atoms with Gasteiger partial charge in [-0.3, -0.25) is 9.36 Å². The molecule has 2 aliphatic rings. The van der Waals surface area contributed by atoms with E-state index in [1.54, 1.807) is 31.2 Å². The summed E-state index contributed by atoms with van der Waals surface area (Å²) in [5.74, 6) is -1.08. The van der Waals surface area contributed by atoms with Gasteiger partial charge in [0.15, 0.2) is 0 Å². The van der Waals surface area contributed by atoms with Crippen molar-refractivity contribution in [2.75, 3.05) is 0 Å². The number of benzene rings is 1. The van der Waals surface area contributed by atoms with Crippen LogP contribution < -0.4 is 5.56 Å². The lowest BCUT2D eigenvalue weighted by molar-refractivity contribution is -0.183. The SMILES string of the molecule is Cc1nc(C2CCCC(C(F)(F)F)C2)n(-c2ccc(Cl)cc2)c(=O)c1C1CC1. The van der Waals surface area contributed by atoms with Crippen molar-refractivity contribution >= 4 is 11.6 Å². The van der Waals surface area contributed by atoms with Gasteiger partial charge in [0, 0.05) is 22.2 Å².